The second-order valence-electron chi connectivity index (χ2n) is 5.56. The summed E-state index contributed by atoms with van der Waals surface area (Å²) in [7, 11) is 0. The van der Waals surface area contributed by atoms with E-state index in [9.17, 15) is 0 Å². The third-order valence-electron chi connectivity index (χ3n) is 4.17. The maximum Gasteiger partial charge on any atom is 0.0295 e. The number of halogens is 1. The largest absolute Gasteiger partial charge is 0.307 e. The van der Waals surface area contributed by atoms with Crippen LogP contribution in [0.15, 0.2) is 53.3 Å². The summed E-state index contributed by atoms with van der Waals surface area (Å²) in [5, 5.41) is 3.71. The van der Waals surface area contributed by atoms with Gasteiger partial charge in [-0.2, -0.15) is 0 Å². The van der Waals surface area contributed by atoms with Gasteiger partial charge < -0.3 is 5.32 Å². The van der Waals surface area contributed by atoms with E-state index in [1.54, 1.807) is 0 Å². The van der Waals surface area contributed by atoms with Gasteiger partial charge in [-0.3, -0.25) is 4.98 Å². The molecule has 3 heteroatoms. The fourth-order valence-electron chi connectivity index (χ4n) is 2.92. The molecule has 0 saturated heterocycles. The molecule has 0 amide bonds. The minimum atomic E-state index is 0.392. The Bertz CT molecular complexity index is 564. The van der Waals surface area contributed by atoms with Crippen LogP contribution in [0, 0.1) is 0 Å². The molecule has 1 aliphatic rings. The van der Waals surface area contributed by atoms with Crippen molar-refractivity contribution >= 4 is 15.9 Å². The van der Waals surface area contributed by atoms with Crippen LogP contribution in [0.5, 0.6) is 0 Å². The van der Waals surface area contributed by atoms with Crippen LogP contribution in [0.2, 0.25) is 0 Å². The van der Waals surface area contributed by atoms with Crippen LogP contribution in [0.25, 0.3) is 0 Å². The van der Waals surface area contributed by atoms with Gasteiger partial charge in [-0.05, 0) is 55.0 Å². The van der Waals surface area contributed by atoms with Crippen molar-refractivity contribution in [2.24, 2.45) is 0 Å². The lowest BCUT2D eigenvalue weighted by Gasteiger charge is -2.38. The van der Waals surface area contributed by atoms with Gasteiger partial charge in [0.2, 0.25) is 0 Å². The van der Waals surface area contributed by atoms with E-state index in [1.165, 1.54) is 28.4 Å². The SMILES string of the molecule is CC(NC1CC(c2ccccc2Br)C1)c1ccncc1. The minimum Gasteiger partial charge on any atom is -0.307 e. The second kappa shape index (κ2) is 6.06. The molecule has 0 radical (unpaired) electrons. The molecule has 20 heavy (non-hydrogen) atoms. The van der Waals surface area contributed by atoms with Gasteiger partial charge in [0, 0.05) is 29.0 Å². The van der Waals surface area contributed by atoms with Crippen molar-refractivity contribution in [3.63, 3.8) is 0 Å². The Labute approximate surface area is 128 Å². The number of nitrogens with one attached hydrogen (secondary N) is 1. The quantitative estimate of drug-likeness (QED) is 0.896. The molecule has 1 atom stereocenters. The lowest BCUT2D eigenvalue weighted by atomic mass is 9.75. The highest BCUT2D eigenvalue weighted by Gasteiger charge is 2.31. The molecular weight excluding hydrogens is 312 g/mol. The van der Waals surface area contributed by atoms with E-state index < -0.39 is 0 Å². The van der Waals surface area contributed by atoms with Crippen molar-refractivity contribution in [2.45, 2.75) is 37.8 Å². The zero-order valence-electron chi connectivity index (χ0n) is 11.6. The highest BCUT2D eigenvalue weighted by atomic mass is 79.9. The van der Waals surface area contributed by atoms with E-state index in [0.717, 1.165) is 0 Å². The molecule has 0 bridgehead atoms. The molecule has 1 fully saturated rings. The highest BCUT2D eigenvalue weighted by molar-refractivity contribution is 9.10. The zero-order chi connectivity index (χ0) is 13.9. The van der Waals surface area contributed by atoms with Gasteiger partial charge in [-0.1, -0.05) is 34.1 Å². The van der Waals surface area contributed by atoms with E-state index in [4.69, 9.17) is 0 Å². The van der Waals surface area contributed by atoms with Gasteiger partial charge in [0.1, 0.15) is 0 Å². The summed E-state index contributed by atoms with van der Waals surface area (Å²) in [5.74, 6) is 0.688. The molecule has 1 heterocycles. The molecule has 1 aromatic carbocycles. The molecule has 0 spiro atoms. The van der Waals surface area contributed by atoms with E-state index in [0.29, 0.717) is 18.0 Å². The number of pyridine rings is 1. The lowest BCUT2D eigenvalue weighted by Crippen LogP contribution is -2.41. The van der Waals surface area contributed by atoms with Crippen LogP contribution in [0.3, 0.4) is 0 Å². The highest BCUT2D eigenvalue weighted by Crippen LogP contribution is 2.40. The van der Waals surface area contributed by atoms with Crippen molar-refractivity contribution in [3.05, 3.63) is 64.4 Å². The Morgan fingerprint density at radius 2 is 1.85 bits per heavy atom. The van der Waals surface area contributed by atoms with Gasteiger partial charge >= 0.3 is 0 Å². The average Bonchev–Trinajstić information content (AvgIpc) is 2.44. The fraction of sp³-hybridized carbons (Fsp3) is 0.353. The van der Waals surface area contributed by atoms with Crippen molar-refractivity contribution in [1.29, 1.82) is 0 Å². The lowest BCUT2D eigenvalue weighted by molar-refractivity contribution is 0.270. The Hall–Kier alpha value is -1.19. The molecule has 1 unspecified atom stereocenters. The predicted octanol–water partition coefficient (Wildman–Crippen LogP) is 4.44. The molecule has 1 saturated carbocycles. The first kappa shape index (κ1) is 13.8. The molecule has 2 nitrogen and oxygen atoms in total. The van der Waals surface area contributed by atoms with Gasteiger partial charge in [0.25, 0.3) is 0 Å². The molecule has 2 aromatic rings. The zero-order valence-corrected chi connectivity index (χ0v) is 13.2. The van der Waals surface area contributed by atoms with E-state index in [1.807, 2.05) is 12.4 Å². The van der Waals surface area contributed by atoms with Crippen LogP contribution >= 0.6 is 15.9 Å². The maximum atomic E-state index is 4.07. The van der Waals surface area contributed by atoms with Gasteiger partial charge in [0.05, 0.1) is 0 Å². The number of nitrogens with zero attached hydrogens (tertiary/aromatic N) is 1. The number of hydrogen-bond donors (Lipinski definition) is 1. The molecule has 104 valence electrons. The predicted molar refractivity (Wildman–Crippen MR) is 85.7 cm³/mol. The van der Waals surface area contributed by atoms with Crippen LogP contribution in [-0.4, -0.2) is 11.0 Å². The van der Waals surface area contributed by atoms with E-state index in [-0.39, 0.29) is 0 Å². The first-order chi connectivity index (χ1) is 9.74. The summed E-state index contributed by atoms with van der Waals surface area (Å²) in [6.07, 6.45) is 6.16. The molecule has 1 aromatic heterocycles. The van der Waals surface area contributed by atoms with Crippen molar-refractivity contribution in [2.75, 3.05) is 0 Å². The minimum absolute atomic E-state index is 0.392. The summed E-state index contributed by atoms with van der Waals surface area (Å²) in [6, 6.07) is 13.8. The first-order valence-electron chi connectivity index (χ1n) is 7.14. The summed E-state index contributed by atoms with van der Waals surface area (Å²) in [6.45, 7) is 2.22. The normalized spacial score (nSPS) is 23.1. The van der Waals surface area contributed by atoms with Gasteiger partial charge in [-0.15, -0.1) is 0 Å². The third kappa shape index (κ3) is 2.94. The molecule has 0 aliphatic heterocycles. The first-order valence-corrected chi connectivity index (χ1v) is 7.93. The molecule has 1 aliphatic carbocycles. The maximum absolute atomic E-state index is 4.07. The van der Waals surface area contributed by atoms with Crippen molar-refractivity contribution in [1.82, 2.24) is 10.3 Å². The average molecular weight is 331 g/mol. The second-order valence-corrected chi connectivity index (χ2v) is 6.41. The Morgan fingerprint density at radius 1 is 1.15 bits per heavy atom. The van der Waals surface area contributed by atoms with Gasteiger partial charge in [-0.25, -0.2) is 0 Å². The third-order valence-corrected chi connectivity index (χ3v) is 4.90. The standard InChI is InChI=1S/C17H19BrN2/c1-12(13-6-8-19-9-7-13)20-15-10-14(11-15)16-4-2-3-5-17(16)18/h2-9,12,14-15,20H,10-11H2,1H3. The van der Waals surface area contributed by atoms with E-state index >= 15 is 0 Å². The van der Waals surface area contributed by atoms with Crippen LogP contribution in [0.1, 0.15) is 42.9 Å². The molecular formula is C17H19BrN2. The van der Waals surface area contributed by atoms with Crippen molar-refractivity contribution < 1.29 is 0 Å². The van der Waals surface area contributed by atoms with Gasteiger partial charge in [0.15, 0.2) is 0 Å². The Balaban J connectivity index is 1.55. The topological polar surface area (TPSA) is 24.9 Å². The number of benzene rings is 1. The number of hydrogen-bond acceptors (Lipinski definition) is 2. The van der Waals surface area contributed by atoms with Crippen LogP contribution < -0.4 is 5.32 Å². The Kier molecular flexibility index (Phi) is 4.18. The van der Waals surface area contributed by atoms with Crippen LogP contribution in [-0.2, 0) is 0 Å². The van der Waals surface area contributed by atoms with E-state index in [2.05, 4.69) is 69.6 Å². The van der Waals surface area contributed by atoms with Crippen molar-refractivity contribution in [3.8, 4) is 0 Å². The molecule has 3 rings (SSSR count). The monoisotopic (exact) mass is 330 g/mol. The molecule has 1 N–H and O–H groups in total. The number of aromatic nitrogens is 1. The summed E-state index contributed by atoms with van der Waals surface area (Å²) < 4.78 is 1.24. The smallest absolute Gasteiger partial charge is 0.0295 e. The van der Waals surface area contributed by atoms with Crippen LogP contribution in [0.4, 0.5) is 0 Å². The Morgan fingerprint density at radius 3 is 2.55 bits per heavy atom. The summed E-state index contributed by atoms with van der Waals surface area (Å²) in [5.41, 5.74) is 2.76. The number of rotatable bonds is 4. The summed E-state index contributed by atoms with van der Waals surface area (Å²) in [4.78, 5) is 4.07. The summed E-state index contributed by atoms with van der Waals surface area (Å²) >= 11 is 3.65. The fourth-order valence-corrected chi connectivity index (χ4v) is 3.52.